The molecule has 102 valence electrons. The Morgan fingerprint density at radius 2 is 2.05 bits per heavy atom. The molecule has 2 aromatic heterocycles. The Labute approximate surface area is 112 Å². The molecule has 0 radical (unpaired) electrons. The van der Waals surface area contributed by atoms with E-state index in [2.05, 4.69) is 9.97 Å². The molecule has 0 atom stereocenters. The van der Waals surface area contributed by atoms with E-state index in [1.807, 2.05) is 39.8 Å². The minimum Gasteiger partial charge on any atom is -0.469 e. The van der Waals surface area contributed by atoms with Gasteiger partial charge < -0.3 is 14.9 Å². The van der Waals surface area contributed by atoms with Crippen LogP contribution in [0.5, 0.6) is 5.88 Å². The summed E-state index contributed by atoms with van der Waals surface area (Å²) in [7, 11) is 0. The molecule has 0 aliphatic heterocycles. The first kappa shape index (κ1) is 13.4. The summed E-state index contributed by atoms with van der Waals surface area (Å²) >= 11 is 0. The van der Waals surface area contributed by atoms with Gasteiger partial charge in [0.15, 0.2) is 0 Å². The average molecular weight is 261 g/mol. The second-order valence-electron chi connectivity index (χ2n) is 5.48. The number of nitrogens with two attached hydrogens (primary N) is 1. The second kappa shape index (κ2) is 4.91. The van der Waals surface area contributed by atoms with E-state index >= 15 is 0 Å². The largest absolute Gasteiger partial charge is 0.469 e. The zero-order valence-corrected chi connectivity index (χ0v) is 11.7. The highest BCUT2D eigenvalue weighted by Crippen LogP contribution is 2.26. The van der Waals surface area contributed by atoms with E-state index in [1.165, 1.54) is 0 Å². The van der Waals surface area contributed by atoms with Crippen molar-refractivity contribution in [2.75, 3.05) is 5.73 Å². The Morgan fingerprint density at radius 3 is 2.63 bits per heavy atom. The van der Waals surface area contributed by atoms with Gasteiger partial charge in [0.25, 0.3) is 0 Å². The van der Waals surface area contributed by atoms with Gasteiger partial charge in [-0.2, -0.15) is 4.98 Å². The lowest BCUT2D eigenvalue weighted by molar-refractivity contribution is 0.256. The van der Waals surface area contributed by atoms with Crippen LogP contribution < -0.4 is 10.5 Å². The second-order valence-corrected chi connectivity index (χ2v) is 5.48. The summed E-state index contributed by atoms with van der Waals surface area (Å²) in [5.74, 6) is 2.38. The van der Waals surface area contributed by atoms with Gasteiger partial charge in [-0.3, -0.25) is 0 Å². The van der Waals surface area contributed by atoms with Crippen molar-refractivity contribution in [1.82, 2.24) is 9.97 Å². The van der Waals surface area contributed by atoms with Crippen LogP contribution >= 0.6 is 0 Å². The predicted octanol–water partition coefficient (Wildman–Crippen LogP) is 2.84. The van der Waals surface area contributed by atoms with Crippen LogP contribution in [0.15, 0.2) is 22.8 Å². The van der Waals surface area contributed by atoms with Crippen molar-refractivity contribution < 1.29 is 9.15 Å². The molecule has 5 nitrogen and oxygen atoms in total. The molecule has 0 saturated heterocycles. The Morgan fingerprint density at radius 1 is 1.32 bits per heavy atom. The molecule has 2 aromatic rings. The first-order chi connectivity index (χ1) is 8.88. The molecule has 5 heteroatoms. The van der Waals surface area contributed by atoms with Gasteiger partial charge in [-0.25, -0.2) is 4.98 Å². The number of furan rings is 1. The summed E-state index contributed by atoms with van der Waals surface area (Å²) in [4.78, 5) is 8.76. The number of nitrogens with zero attached hydrogens (tertiary/aromatic N) is 2. The number of rotatable bonds is 3. The van der Waals surface area contributed by atoms with E-state index in [1.54, 1.807) is 6.26 Å². The van der Waals surface area contributed by atoms with Gasteiger partial charge in [0.1, 0.15) is 24.0 Å². The van der Waals surface area contributed by atoms with Crippen LogP contribution in [-0.4, -0.2) is 9.97 Å². The Hall–Kier alpha value is -2.04. The van der Waals surface area contributed by atoms with Crippen molar-refractivity contribution in [1.29, 1.82) is 0 Å². The lowest BCUT2D eigenvalue weighted by Crippen LogP contribution is -2.18. The average Bonchev–Trinajstić information content (AvgIpc) is 2.82. The van der Waals surface area contributed by atoms with E-state index in [-0.39, 0.29) is 5.41 Å². The highest BCUT2D eigenvalue weighted by atomic mass is 16.5. The molecule has 0 spiro atoms. The summed E-state index contributed by atoms with van der Waals surface area (Å²) in [5.41, 5.74) is 6.49. The lowest BCUT2D eigenvalue weighted by atomic mass is 9.95. The van der Waals surface area contributed by atoms with Gasteiger partial charge >= 0.3 is 0 Å². The minimum atomic E-state index is -0.176. The smallest absolute Gasteiger partial charge is 0.222 e. The topological polar surface area (TPSA) is 74.2 Å². The molecular weight excluding hydrogens is 242 g/mol. The van der Waals surface area contributed by atoms with Crippen LogP contribution in [0.4, 0.5) is 5.82 Å². The van der Waals surface area contributed by atoms with E-state index in [0.29, 0.717) is 24.1 Å². The van der Waals surface area contributed by atoms with E-state index in [9.17, 15) is 0 Å². The molecule has 0 bridgehead atoms. The number of aromatic nitrogens is 2. The highest BCUT2D eigenvalue weighted by Gasteiger charge is 2.21. The van der Waals surface area contributed by atoms with Gasteiger partial charge in [0.05, 0.1) is 11.8 Å². The third-order valence-electron chi connectivity index (χ3n) is 2.74. The molecule has 0 aromatic carbocycles. The minimum absolute atomic E-state index is 0.176. The molecule has 0 saturated carbocycles. The van der Waals surface area contributed by atoms with Crippen molar-refractivity contribution in [2.45, 2.75) is 39.7 Å². The SMILES string of the molecule is Cc1c(N)nc(C(C)(C)C)nc1OCc1ccco1. The van der Waals surface area contributed by atoms with Gasteiger partial charge in [-0.05, 0) is 19.1 Å². The molecule has 0 fully saturated rings. The van der Waals surface area contributed by atoms with E-state index < -0.39 is 0 Å². The maximum atomic E-state index is 5.91. The van der Waals surface area contributed by atoms with Crippen LogP contribution in [0, 0.1) is 6.92 Å². The van der Waals surface area contributed by atoms with Crippen LogP contribution in [0.25, 0.3) is 0 Å². The third kappa shape index (κ3) is 3.05. The van der Waals surface area contributed by atoms with E-state index in [4.69, 9.17) is 14.9 Å². The summed E-state index contributed by atoms with van der Waals surface area (Å²) in [6.07, 6.45) is 1.61. The standard InChI is InChI=1S/C14H19N3O2/c1-9-11(15)16-13(14(2,3)4)17-12(9)19-8-10-6-5-7-18-10/h5-7H,8H2,1-4H3,(H2,15,16,17). The number of anilines is 1. The molecule has 0 amide bonds. The summed E-state index contributed by atoms with van der Waals surface area (Å²) in [6, 6.07) is 3.67. The summed E-state index contributed by atoms with van der Waals surface area (Å²) in [5, 5.41) is 0. The van der Waals surface area contributed by atoms with Gasteiger partial charge in [-0.1, -0.05) is 20.8 Å². The fraction of sp³-hybridized carbons (Fsp3) is 0.429. The van der Waals surface area contributed by atoms with Crippen molar-refractivity contribution >= 4 is 5.82 Å². The first-order valence-corrected chi connectivity index (χ1v) is 6.17. The van der Waals surface area contributed by atoms with Crippen LogP contribution in [0.1, 0.15) is 37.9 Å². The number of nitrogen functional groups attached to an aromatic ring is 1. The predicted molar refractivity (Wildman–Crippen MR) is 72.9 cm³/mol. The van der Waals surface area contributed by atoms with Gasteiger partial charge in [0.2, 0.25) is 5.88 Å². The summed E-state index contributed by atoms with van der Waals surface area (Å²) in [6.45, 7) is 8.28. The molecule has 0 aliphatic rings. The Bertz CT molecular complexity index is 557. The zero-order valence-electron chi connectivity index (χ0n) is 11.7. The molecule has 2 rings (SSSR count). The third-order valence-corrected chi connectivity index (χ3v) is 2.74. The monoisotopic (exact) mass is 261 g/mol. The van der Waals surface area contributed by atoms with Gasteiger partial charge in [0, 0.05) is 5.41 Å². The van der Waals surface area contributed by atoms with Crippen LogP contribution in [0.3, 0.4) is 0 Å². The fourth-order valence-electron chi connectivity index (χ4n) is 1.52. The van der Waals surface area contributed by atoms with E-state index in [0.717, 1.165) is 11.3 Å². The first-order valence-electron chi connectivity index (χ1n) is 6.17. The normalized spacial score (nSPS) is 11.6. The van der Waals surface area contributed by atoms with Crippen molar-refractivity contribution in [3.05, 3.63) is 35.5 Å². The molecule has 19 heavy (non-hydrogen) atoms. The number of hydrogen-bond acceptors (Lipinski definition) is 5. The fourth-order valence-corrected chi connectivity index (χ4v) is 1.52. The molecule has 2 N–H and O–H groups in total. The maximum Gasteiger partial charge on any atom is 0.222 e. The number of hydrogen-bond donors (Lipinski definition) is 1. The van der Waals surface area contributed by atoms with Crippen molar-refractivity contribution in [2.24, 2.45) is 0 Å². The van der Waals surface area contributed by atoms with Crippen LogP contribution in [-0.2, 0) is 12.0 Å². The van der Waals surface area contributed by atoms with Gasteiger partial charge in [-0.15, -0.1) is 0 Å². The quantitative estimate of drug-likeness (QED) is 0.919. The van der Waals surface area contributed by atoms with Crippen molar-refractivity contribution in [3.63, 3.8) is 0 Å². The molecular formula is C14H19N3O2. The Kier molecular flexibility index (Phi) is 3.46. The number of ether oxygens (including phenoxy) is 1. The maximum absolute atomic E-state index is 5.91. The highest BCUT2D eigenvalue weighted by molar-refractivity contribution is 5.45. The molecule has 0 aliphatic carbocycles. The summed E-state index contributed by atoms with van der Waals surface area (Å²) < 4.78 is 10.9. The Balaban J connectivity index is 2.26. The molecule has 2 heterocycles. The lowest BCUT2D eigenvalue weighted by Gasteiger charge is -2.19. The van der Waals surface area contributed by atoms with Crippen molar-refractivity contribution in [3.8, 4) is 5.88 Å². The van der Waals surface area contributed by atoms with Crippen LogP contribution in [0.2, 0.25) is 0 Å². The molecule has 0 unspecified atom stereocenters. The zero-order chi connectivity index (χ0) is 14.0.